The summed E-state index contributed by atoms with van der Waals surface area (Å²) in [5, 5.41) is 0. The fourth-order valence-electron chi connectivity index (χ4n) is 1.69. The molecule has 0 fully saturated rings. The fraction of sp³-hybridized carbons (Fsp3) is 0.727. The molecule has 0 saturated heterocycles. The Balaban J connectivity index is 3.25. The Labute approximate surface area is 135 Å². The van der Waals surface area contributed by atoms with Gasteiger partial charge in [-0.3, -0.25) is 4.98 Å². The molecular formula is C11H8F13N2+. The van der Waals surface area contributed by atoms with Crippen molar-refractivity contribution in [3.63, 3.8) is 0 Å². The molecule has 15 heteroatoms. The van der Waals surface area contributed by atoms with Gasteiger partial charge in [-0.1, -0.05) is 0 Å². The molecule has 1 rings (SSSR count). The molecule has 0 unspecified atom stereocenters. The highest BCUT2D eigenvalue weighted by Gasteiger charge is 2.90. The highest BCUT2D eigenvalue weighted by atomic mass is 19.4. The summed E-state index contributed by atoms with van der Waals surface area (Å²) >= 11 is 0. The van der Waals surface area contributed by atoms with E-state index in [1.807, 2.05) is 0 Å². The summed E-state index contributed by atoms with van der Waals surface area (Å²) in [4.78, 5) is 2.23. The van der Waals surface area contributed by atoms with Crippen molar-refractivity contribution in [2.24, 2.45) is 0 Å². The first-order valence-electron chi connectivity index (χ1n) is 6.30. The molecule has 1 aromatic heterocycles. The molecule has 0 spiro atoms. The zero-order valence-electron chi connectivity index (χ0n) is 12.0. The fourth-order valence-corrected chi connectivity index (χ4v) is 1.69. The number of hydrogen-bond acceptors (Lipinski definition) is 0. The Kier molecular flexibility index (Phi) is 5.31. The van der Waals surface area contributed by atoms with Crippen molar-refractivity contribution in [2.45, 2.75) is 48.8 Å². The van der Waals surface area contributed by atoms with E-state index in [-0.39, 0.29) is 0 Å². The van der Waals surface area contributed by atoms with Crippen LogP contribution in [0.2, 0.25) is 0 Å². The van der Waals surface area contributed by atoms with Gasteiger partial charge >= 0.3 is 35.8 Å². The number of H-pyrrole nitrogens is 1. The van der Waals surface area contributed by atoms with Crippen LogP contribution in [-0.2, 0) is 6.54 Å². The normalized spacial score (nSPS) is 15.4. The SMILES string of the molecule is FC(F)(F)C(F)(F)C(F)(F)C(F)(F)C(F)(F)C(F)(F)CC[n+]1cc[nH]c1. The van der Waals surface area contributed by atoms with Gasteiger partial charge < -0.3 is 0 Å². The van der Waals surface area contributed by atoms with Gasteiger partial charge in [-0.15, -0.1) is 0 Å². The van der Waals surface area contributed by atoms with Crippen molar-refractivity contribution in [1.82, 2.24) is 4.98 Å². The van der Waals surface area contributed by atoms with Gasteiger partial charge in [0.15, 0.2) is 0 Å². The molecule has 26 heavy (non-hydrogen) atoms. The lowest BCUT2D eigenvalue weighted by Gasteiger charge is -2.39. The van der Waals surface area contributed by atoms with Crippen molar-refractivity contribution < 1.29 is 61.6 Å². The van der Waals surface area contributed by atoms with Crippen LogP contribution in [0.1, 0.15) is 6.42 Å². The molecule has 152 valence electrons. The van der Waals surface area contributed by atoms with Gasteiger partial charge in [0.2, 0.25) is 6.33 Å². The molecule has 0 atom stereocenters. The Bertz CT molecular complexity index is 602. The van der Waals surface area contributed by atoms with E-state index >= 15 is 0 Å². The van der Waals surface area contributed by atoms with E-state index in [2.05, 4.69) is 4.98 Å². The van der Waals surface area contributed by atoms with Crippen LogP contribution in [0.5, 0.6) is 0 Å². The van der Waals surface area contributed by atoms with E-state index in [4.69, 9.17) is 0 Å². The Morgan fingerprint density at radius 3 is 1.50 bits per heavy atom. The Hall–Kier alpha value is -1.70. The third kappa shape index (κ3) is 3.19. The smallest absolute Gasteiger partial charge is 0.250 e. The maximum Gasteiger partial charge on any atom is 0.460 e. The largest absolute Gasteiger partial charge is 0.460 e. The van der Waals surface area contributed by atoms with E-state index in [1.165, 1.54) is 0 Å². The quantitative estimate of drug-likeness (QED) is 0.502. The predicted molar refractivity (Wildman–Crippen MR) is 56.4 cm³/mol. The predicted octanol–water partition coefficient (Wildman–Crippen LogP) is 4.43. The number of alkyl halides is 13. The van der Waals surface area contributed by atoms with E-state index in [1.54, 1.807) is 0 Å². The number of aryl methyl sites for hydroxylation is 1. The summed E-state index contributed by atoms with van der Waals surface area (Å²) < 4.78 is 167. The molecule has 1 aromatic rings. The molecular weight excluding hydrogens is 407 g/mol. The summed E-state index contributed by atoms with van der Waals surface area (Å²) in [5.41, 5.74) is 0. The zero-order valence-corrected chi connectivity index (χ0v) is 12.0. The second kappa shape index (κ2) is 6.18. The van der Waals surface area contributed by atoms with Gasteiger partial charge in [0.25, 0.3) is 0 Å². The lowest BCUT2D eigenvalue weighted by atomic mass is 9.92. The summed E-state index contributed by atoms with van der Waals surface area (Å²) in [6.07, 6.45) is -6.77. The topological polar surface area (TPSA) is 19.7 Å². The van der Waals surface area contributed by atoms with Gasteiger partial charge in [0.1, 0.15) is 12.4 Å². The monoisotopic (exact) mass is 415 g/mol. The standard InChI is InChI=1S/C11H7F13N2/c12-6(13,1-3-26-4-2-25-5-26)7(14,15)8(16,17)9(18,19)10(20,21)11(22,23)24/h2,4-5H,1,3H2/p+1. The van der Waals surface area contributed by atoms with Crippen molar-refractivity contribution in [3.05, 3.63) is 18.7 Å². The summed E-state index contributed by atoms with van der Waals surface area (Å²) in [5.74, 6) is -36.6. The number of nitrogens with zero attached hydrogens (tertiary/aromatic N) is 1. The second-order valence-corrected chi connectivity index (χ2v) is 5.10. The molecule has 0 aromatic carbocycles. The number of hydrogen-bond donors (Lipinski definition) is 1. The average Bonchev–Trinajstić information content (AvgIpc) is 2.96. The van der Waals surface area contributed by atoms with Crippen molar-refractivity contribution >= 4 is 0 Å². The van der Waals surface area contributed by atoms with Crippen LogP contribution in [0.3, 0.4) is 0 Å². The van der Waals surface area contributed by atoms with Gasteiger partial charge in [-0.2, -0.15) is 57.1 Å². The molecule has 0 radical (unpaired) electrons. The van der Waals surface area contributed by atoms with Gasteiger partial charge in [0.05, 0.1) is 13.0 Å². The van der Waals surface area contributed by atoms with Crippen molar-refractivity contribution in [3.8, 4) is 0 Å². The lowest BCUT2D eigenvalue weighted by molar-refractivity contribution is -0.699. The Morgan fingerprint density at radius 2 is 1.12 bits per heavy atom. The molecule has 1 N–H and O–H groups in total. The Morgan fingerprint density at radius 1 is 0.654 bits per heavy atom. The average molecular weight is 415 g/mol. The van der Waals surface area contributed by atoms with Crippen LogP contribution in [0.25, 0.3) is 0 Å². The number of halogens is 13. The lowest BCUT2D eigenvalue weighted by Crippen LogP contribution is -2.70. The number of imidazole rings is 1. The maximum atomic E-state index is 13.4. The number of aromatic nitrogens is 2. The summed E-state index contributed by atoms with van der Waals surface area (Å²) in [6.45, 7) is -1.16. The summed E-state index contributed by atoms with van der Waals surface area (Å²) in [6, 6.07) is 0. The van der Waals surface area contributed by atoms with Gasteiger partial charge in [-0.05, 0) is 0 Å². The minimum absolute atomic E-state index is 0.685. The van der Waals surface area contributed by atoms with Gasteiger partial charge in [-0.25, -0.2) is 4.57 Å². The first-order valence-corrected chi connectivity index (χ1v) is 6.30. The molecule has 0 saturated carbocycles. The highest BCUT2D eigenvalue weighted by Crippen LogP contribution is 2.60. The molecule has 1 heterocycles. The van der Waals surface area contributed by atoms with E-state index < -0.39 is 48.8 Å². The molecule has 2 nitrogen and oxygen atoms in total. The van der Waals surface area contributed by atoms with Crippen LogP contribution in [-0.4, -0.2) is 40.8 Å². The number of rotatable bonds is 7. The third-order valence-electron chi connectivity index (χ3n) is 3.28. The van der Waals surface area contributed by atoms with Crippen LogP contribution in [0.4, 0.5) is 57.1 Å². The van der Waals surface area contributed by atoms with Gasteiger partial charge in [0, 0.05) is 0 Å². The molecule has 0 aliphatic carbocycles. The van der Waals surface area contributed by atoms with Crippen molar-refractivity contribution in [1.29, 1.82) is 0 Å². The molecule has 0 bridgehead atoms. The van der Waals surface area contributed by atoms with Crippen LogP contribution >= 0.6 is 0 Å². The second-order valence-electron chi connectivity index (χ2n) is 5.10. The number of nitrogens with one attached hydrogen (secondary N) is 1. The first-order chi connectivity index (χ1) is 11.3. The highest BCUT2D eigenvalue weighted by molar-refractivity contribution is 5.09. The maximum absolute atomic E-state index is 13.4. The van der Waals surface area contributed by atoms with E-state index in [0.717, 1.165) is 18.7 Å². The minimum atomic E-state index is -7.85. The number of aromatic amines is 1. The van der Waals surface area contributed by atoms with Crippen LogP contribution < -0.4 is 4.57 Å². The van der Waals surface area contributed by atoms with Crippen LogP contribution in [0, 0.1) is 0 Å². The third-order valence-corrected chi connectivity index (χ3v) is 3.28. The van der Waals surface area contributed by atoms with E-state index in [0.29, 0.717) is 4.57 Å². The van der Waals surface area contributed by atoms with Crippen molar-refractivity contribution in [2.75, 3.05) is 0 Å². The molecule has 0 aliphatic heterocycles. The minimum Gasteiger partial charge on any atom is -0.250 e. The van der Waals surface area contributed by atoms with Crippen LogP contribution in [0.15, 0.2) is 18.7 Å². The zero-order chi connectivity index (χ0) is 20.8. The molecule has 0 amide bonds. The first kappa shape index (κ1) is 22.3. The molecule has 0 aliphatic rings. The van der Waals surface area contributed by atoms with E-state index in [9.17, 15) is 57.1 Å². The summed E-state index contributed by atoms with van der Waals surface area (Å²) in [7, 11) is 0.